The van der Waals surface area contributed by atoms with Crippen LogP contribution >= 0.6 is 0 Å². The molecule has 2 heterocycles. The predicted octanol–water partition coefficient (Wildman–Crippen LogP) is 3.66. The molecule has 1 aromatic heterocycles. The van der Waals surface area contributed by atoms with Gasteiger partial charge in [-0.3, -0.25) is 4.79 Å². The van der Waals surface area contributed by atoms with Gasteiger partial charge in [0.25, 0.3) is 5.91 Å². The molecule has 142 valence electrons. The van der Waals surface area contributed by atoms with Crippen LogP contribution in [0.5, 0.6) is 11.5 Å². The summed E-state index contributed by atoms with van der Waals surface area (Å²) < 4.78 is 10.7. The third kappa shape index (κ3) is 4.23. The Balaban J connectivity index is 1.31. The van der Waals surface area contributed by atoms with Crippen LogP contribution < -0.4 is 20.1 Å². The molecule has 0 bridgehead atoms. The Morgan fingerprint density at radius 2 is 1.86 bits per heavy atom. The average molecular weight is 375 g/mol. The lowest BCUT2D eigenvalue weighted by molar-refractivity contribution is 0.0950. The number of hydrogen-bond donors (Lipinski definition) is 2. The van der Waals surface area contributed by atoms with E-state index in [2.05, 4.69) is 21.7 Å². The number of aryl methyl sites for hydroxylation is 1. The second kappa shape index (κ2) is 8.00. The number of anilines is 1. The SMILES string of the molecule is Cc1cccc(CNC(=O)c2ccc(NCc3ccc4c(c3)OCO4)nc2)c1. The fourth-order valence-electron chi connectivity index (χ4n) is 2.98. The number of carbonyl (C=O) groups excluding carboxylic acids is 1. The summed E-state index contributed by atoms with van der Waals surface area (Å²) in [4.78, 5) is 16.6. The van der Waals surface area contributed by atoms with E-state index in [1.54, 1.807) is 18.3 Å². The molecule has 2 N–H and O–H groups in total. The molecule has 1 aliphatic heterocycles. The Hall–Kier alpha value is -3.54. The van der Waals surface area contributed by atoms with Crippen molar-refractivity contribution in [2.24, 2.45) is 0 Å². The second-order valence-corrected chi connectivity index (χ2v) is 6.65. The number of carbonyl (C=O) groups is 1. The number of pyridine rings is 1. The van der Waals surface area contributed by atoms with Gasteiger partial charge in [0, 0.05) is 19.3 Å². The summed E-state index contributed by atoms with van der Waals surface area (Å²) in [5.41, 5.74) is 3.84. The van der Waals surface area contributed by atoms with E-state index in [4.69, 9.17) is 9.47 Å². The normalized spacial score (nSPS) is 11.9. The molecule has 1 amide bonds. The zero-order valence-electron chi connectivity index (χ0n) is 15.6. The van der Waals surface area contributed by atoms with Crippen molar-refractivity contribution in [2.75, 3.05) is 12.1 Å². The fraction of sp³-hybridized carbons (Fsp3) is 0.182. The number of nitrogens with one attached hydrogen (secondary N) is 2. The van der Waals surface area contributed by atoms with E-state index in [1.165, 1.54) is 5.56 Å². The van der Waals surface area contributed by atoms with E-state index in [9.17, 15) is 4.79 Å². The lowest BCUT2D eigenvalue weighted by Gasteiger charge is -2.08. The van der Waals surface area contributed by atoms with Gasteiger partial charge in [0.15, 0.2) is 11.5 Å². The molecule has 0 saturated heterocycles. The van der Waals surface area contributed by atoms with E-state index < -0.39 is 0 Å². The van der Waals surface area contributed by atoms with Crippen molar-refractivity contribution < 1.29 is 14.3 Å². The van der Waals surface area contributed by atoms with Gasteiger partial charge in [0.2, 0.25) is 6.79 Å². The Morgan fingerprint density at radius 1 is 1.00 bits per heavy atom. The summed E-state index contributed by atoms with van der Waals surface area (Å²) in [6.45, 7) is 3.39. The number of nitrogens with zero attached hydrogens (tertiary/aromatic N) is 1. The molecule has 4 rings (SSSR count). The van der Waals surface area contributed by atoms with Gasteiger partial charge in [-0.2, -0.15) is 0 Å². The third-order valence-electron chi connectivity index (χ3n) is 4.47. The highest BCUT2D eigenvalue weighted by molar-refractivity contribution is 5.94. The van der Waals surface area contributed by atoms with Crippen LogP contribution in [0.3, 0.4) is 0 Å². The standard InChI is InChI=1S/C22H21N3O3/c1-15-3-2-4-16(9-15)12-25-22(26)18-6-8-21(24-13-18)23-11-17-5-7-19-20(10-17)28-14-27-19/h2-10,13H,11-12,14H2,1H3,(H,23,24)(H,25,26). The van der Waals surface area contributed by atoms with Crippen LogP contribution in [-0.4, -0.2) is 17.7 Å². The number of ether oxygens (including phenoxy) is 2. The number of fused-ring (bicyclic) bond motifs is 1. The molecule has 0 atom stereocenters. The van der Waals surface area contributed by atoms with Gasteiger partial charge in [-0.15, -0.1) is 0 Å². The molecule has 3 aromatic rings. The maximum Gasteiger partial charge on any atom is 0.253 e. The van der Waals surface area contributed by atoms with Crippen LogP contribution in [0.2, 0.25) is 0 Å². The molecule has 0 unspecified atom stereocenters. The first-order valence-corrected chi connectivity index (χ1v) is 9.09. The molecule has 1 aliphatic rings. The molecule has 6 nitrogen and oxygen atoms in total. The van der Waals surface area contributed by atoms with Gasteiger partial charge >= 0.3 is 0 Å². The number of benzene rings is 2. The van der Waals surface area contributed by atoms with Gasteiger partial charge in [0.1, 0.15) is 5.82 Å². The van der Waals surface area contributed by atoms with Crippen LogP contribution in [-0.2, 0) is 13.1 Å². The largest absolute Gasteiger partial charge is 0.454 e. The monoisotopic (exact) mass is 375 g/mol. The number of hydrogen-bond acceptors (Lipinski definition) is 5. The minimum atomic E-state index is -0.142. The van der Waals surface area contributed by atoms with Gasteiger partial charge in [-0.1, -0.05) is 35.9 Å². The molecule has 6 heteroatoms. The molecular weight excluding hydrogens is 354 g/mol. The van der Waals surface area contributed by atoms with E-state index in [0.717, 1.165) is 22.6 Å². The van der Waals surface area contributed by atoms with E-state index in [0.29, 0.717) is 24.5 Å². The topological polar surface area (TPSA) is 72.5 Å². The molecule has 28 heavy (non-hydrogen) atoms. The highest BCUT2D eigenvalue weighted by Gasteiger charge is 2.13. The van der Waals surface area contributed by atoms with Crippen LogP contribution in [0.4, 0.5) is 5.82 Å². The Bertz CT molecular complexity index is 987. The van der Waals surface area contributed by atoms with E-state index >= 15 is 0 Å². The third-order valence-corrected chi connectivity index (χ3v) is 4.47. The lowest BCUT2D eigenvalue weighted by atomic mass is 10.1. The van der Waals surface area contributed by atoms with Crippen LogP contribution in [0, 0.1) is 6.92 Å². The summed E-state index contributed by atoms with van der Waals surface area (Å²) in [6, 6.07) is 17.5. The molecule has 0 fully saturated rings. The van der Waals surface area contributed by atoms with Crippen molar-refractivity contribution in [3.63, 3.8) is 0 Å². The molecule has 0 spiro atoms. The maximum atomic E-state index is 12.3. The van der Waals surface area contributed by atoms with E-state index in [1.807, 2.05) is 43.3 Å². The van der Waals surface area contributed by atoms with Crippen molar-refractivity contribution in [1.82, 2.24) is 10.3 Å². The van der Waals surface area contributed by atoms with Crippen LogP contribution in [0.25, 0.3) is 0 Å². The minimum absolute atomic E-state index is 0.142. The average Bonchev–Trinajstić information content (AvgIpc) is 3.19. The summed E-state index contributed by atoms with van der Waals surface area (Å²) in [6.07, 6.45) is 1.58. The summed E-state index contributed by atoms with van der Waals surface area (Å²) in [7, 11) is 0. The van der Waals surface area contributed by atoms with Crippen molar-refractivity contribution >= 4 is 11.7 Å². The van der Waals surface area contributed by atoms with Crippen LogP contribution in [0.15, 0.2) is 60.8 Å². The first-order valence-electron chi connectivity index (χ1n) is 9.09. The highest BCUT2D eigenvalue weighted by Crippen LogP contribution is 2.32. The van der Waals surface area contributed by atoms with Gasteiger partial charge < -0.3 is 20.1 Å². The summed E-state index contributed by atoms with van der Waals surface area (Å²) >= 11 is 0. The van der Waals surface area contributed by atoms with Crippen molar-refractivity contribution in [2.45, 2.75) is 20.0 Å². The Morgan fingerprint density at radius 3 is 2.68 bits per heavy atom. The highest BCUT2D eigenvalue weighted by atomic mass is 16.7. The first-order chi connectivity index (χ1) is 13.7. The minimum Gasteiger partial charge on any atom is -0.454 e. The molecule has 2 aromatic carbocycles. The zero-order chi connectivity index (χ0) is 19.3. The Labute approximate surface area is 163 Å². The van der Waals surface area contributed by atoms with Gasteiger partial charge in [-0.05, 0) is 42.3 Å². The smallest absolute Gasteiger partial charge is 0.253 e. The number of amides is 1. The van der Waals surface area contributed by atoms with Crippen molar-refractivity contribution in [3.05, 3.63) is 83.0 Å². The second-order valence-electron chi connectivity index (χ2n) is 6.65. The summed E-state index contributed by atoms with van der Waals surface area (Å²) in [5, 5.41) is 6.16. The molecule has 0 saturated carbocycles. The van der Waals surface area contributed by atoms with Crippen molar-refractivity contribution in [1.29, 1.82) is 0 Å². The maximum absolute atomic E-state index is 12.3. The first kappa shape index (κ1) is 17.9. The summed E-state index contributed by atoms with van der Waals surface area (Å²) in [5.74, 6) is 2.08. The van der Waals surface area contributed by atoms with Crippen molar-refractivity contribution in [3.8, 4) is 11.5 Å². The van der Waals surface area contributed by atoms with E-state index in [-0.39, 0.29) is 12.7 Å². The molecule has 0 radical (unpaired) electrons. The molecule has 0 aliphatic carbocycles. The van der Waals surface area contributed by atoms with Crippen LogP contribution in [0.1, 0.15) is 27.0 Å². The number of rotatable bonds is 6. The van der Waals surface area contributed by atoms with Gasteiger partial charge in [-0.25, -0.2) is 4.98 Å². The fourth-order valence-corrected chi connectivity index (χ4v) is 2.98. The van der Waals surface area contributed by atoms with Gasteiger partial charge in [0.05, 0.1) is 5.56 Å². The lowest BCUT2D eigenvalue weighted by Crippen LogP contribution is -2.23. The quantitative estimate of drug-likeness (QED) is 0.688. The predicted molar refractivity (Wildman–Crippen MR) is 106 cm³/mol. The molecular formula is C22H21N3O3. The number of aromatic nitrogens is 1. The Kier molecular flexibility index (Phi) is 5.10. The zero-order valence-corrected chi connectivity index (χ0v) is 15.6.